The molecule has 0 aliphatic carbocycles. The summed E-state index contributed by atoms with van der Waals surface area (Å²) in [6.45, 7) is 7.42. The second-order valence-electron chi connectivity index (χ2n) is 4.95. The Morgan fingerprint density at radius 2 is 2.11 bits per heavy atom. The summed E-state index contributed by atoms with van der Waals surface area (Å²) in [5, 5.41) is 0. The number of aryl methyl sites for hydroxylation is 1. The van der Waals surface area contributed by atoms with Gasteiger partial charge in [-0.2, -0.15) is 0 Å². The second kappa shape index (κ2) is 5.87. The second-order valence-corrected chi connectivity index (χ2v) is 4.95. The molecule has 1 unspecified atom stereocenters. The molecule has 1 atom stereocenters. The normalized spacial score (nSPS) is 14.0. The van der Waals surface area contributed by atoms with Crippen LogP contribution < -0.4 is 16.4 Å². The number of amides is 1. The monoisotopic (exact) mass is 249 g/mol. The van der Waals surface area contributed by atoms with Gasteiger partial charge in [-0.25, -0.2) is 0 Å². The molecule has 1 amide bonds. The van der Waals surface area contributed by atoms with Gasteiger partial charge in [0.25, 0.3) is 0 Å². The van der Waals surface area contributed by atoms with Crippen LogP contribution in [0.15, 0.2) is 24.3 Å². The molecule has 1 aromatic rings. The molecule has 18 heavy (non-hydrogen) atoms. The van der Waals surface area contributed by atoms with Crippen molar-refractivity contribution in [1.29, 1.82) is 0 Å². The molecule has 0 aromatic heterocycles. The summed E-state index contributed by atoms with van der Waals surface area (Å²) in [4.78, 5) is 13.4. The highest BCUT2D eigenvalue weighted by atomic mass is 16.1. The fraction of sp³-hybridized carbons (Fsp3) is 0.500. The maximum Gasteiger partial charge on any atom is 0.237 e. The van der Waals surface area contributed by atoms with Crippen molar-refractivity contribution in [2.75, 3.05) is 18.0 Å². The minimum Gasteiger partial charge on any atom is -0.372 e. The topological polar surface area (TPSA) is 72.3 Å². The standard InChI is InChI=1S/C14H23N3O/c1-4-17(9-8-14(3,16)13(15)18)12-7-5-6-11(2)10-12/h5-7,10H,4,8-9,16H2,1-3H3,(H2,15,18). The summed E-state index contributed by atoms with van der Waals surface area (Å²) in [5.74, 6) is -0.456. The molecule has 1 rings (SSSR count). The molecule has 4 heteroatoms. The van der Waals surface area contributed by atoms with Crippen LogP contribution in [0.2, 0.25) is 0 Å². The number of carbonyl (C=O) groups is 1. The van der Waals surface area contributed by atoms with E-state index in [-0.39, 0.29) is 0 Å². The van der Waals surface area contributed by atoms with E-state index in [4.69, 9.17) is 11.5 Å². The van der Waals surface area contributed by atoms with Crippen molar-refractivity contribution in [3.63, 3.8) is 0 Å². The average molecular weight is 249 g/mol. The molecule has 0 fully saturated rings. The van der Waals surface area contributed by atoms with E-state index in [1.165, 1.54) is 5.56 Å². The average Bonchev–Trinajstić information content (AvgIpc) is 2.29. The van der Waals surface area contributed by atoms with E-state index in [9.17, 15) is 4.79 Å². The third kappa shape index (κ3) is 3.74. The number of hydrogen-bond donors (Lipinski definition) is 2. The zero-order chi connectivity index (χ0) is 13.8. The van der Waals surface area contributed by atoms with Crippen molar-refractivity contribution >= 4 is 11.6 Å². The van der Waals surface area contributed by atoms with Gasteiger partial charge in [0.05, 0.1) is 5.54 Å². The fourth-order valence-corrected chi connectivity index (χ4v) is 1.78. The summed E-state index contributed by atoms with van der Waals surface area (Å²) in [5.41, 5.74) is 12.6. The van der Waals surface area contributed by atoms with Gasteiger partial charge in [0, 0.05) is 18.8 Å². The van der Waals surface area contributed by atoms with Gasteiger partial charge in [0.1, 0.15) is 0 Å². The first-order valence-corrected chi connectivity index (χ1v) is 6.27. The number of carbonyl (C=O) groups excluding carboxylic acids is 1. The van der Waals surface area contributed by atoms with Crippen LogP contribution >= 0.6 is 0 Å². The molecule has 0 spiro atoms. The Morgan fingerprint density at radius 3 is 2.61 bits per heavy atom. The summed E-state index contributed by atoms with van der Waals surface area (Å²) < 4.78 is 0. The lowest BCUT2D eigenvalue weighted by molar-refractivity contribution is -0.122. The SMILES string of the molecule is CCN(CCC(C)(N)C(N)=O)c1cccc(C)c1. The van der Waals surface area contributed by atoms with E-state index in [1.54, 1.807) is 6.92 Å². The maximum absolute atomic E-state index is 11.2. The number of anilines is 1. The summed E-state index contributed by atoms with van der Waals surface area (Å²) in [6.07, 6.45) is 0.546. The van der Waals surface area contributed by atoms with Gasteiger partial charge in [-0.15, -0.1) is 0 Å². The van der Waals surface area contributed by atoms with Crippen molar-refractivity contribution in [3.05, 3.63) is 29.8 Å². The van der Waals surface area contributed by atoms with Crippen LogP contribution in [0.25, 0.3) is 0 Å². The highest BCUT2D eigenvalue weighted by Gasteiger charge is 2.25. The minimum absolute atomic E-state index is 0.456. The highest BCUT2D eigenvalue weighted by Crippen LogP contribution is 2.17. The van der Waals surface area contributed by atoms with Crippen molar-refractivity contribution in [2.24, 2.45) is 11.5 Å². The number of benzene rings is 1. The minimum atomic E-state index is -0.947. The Labute approximate surface area is 109 Å². The molecule has 0 bridgehead atoms. The molecule has 100 valence electrons. The van der Waals surface area contributed by atoms with Gasteiger partial charge in [0.15, 0.2) is 0 Å². The number of nitrogens with two attached hydrogens (primary N) is 2. The highest BCUT2D eigenvalue weighted by molar-refractivity contribution is 5.83. The molecule has 4 N–H and O–H groups in total. The largest absolute Gasteiger partial charge is 0.372 e. The van der Waals surface area contributed by atoms with Crippen molar-refractivity contribution < 1.29 is 4.79 Å². The van der Waals surface area contributed by atoms with Crippen molar-refractivity contribution in [1.82, 2.24) is 0 Å². The number of primary amides is 1. The van der Waals surface area contributed by atoms with Gasteiger partial charge >= 0.3 is 0 Å². The van der Waals surface area contributed by atoms with E-state index in [2.05, 4.69) is 36.9 Å². The van der Waals surface area contributed by atoms with Crippen LogP contribution in [0.1, 0.15) is 25.8 Å². The van der Waals surface area contributed by atoms with E-state index >= 15 is 0 Å². The summed E-state index contributed by atoms with van der Waals surface area (Å²) in [6, 6.07) is 8.28. The predicted molar refractivity (Wildman–Crippen MR) is 75.5 cm³/mol. The third-order valence-corrected chi connectivity index (χ3v) is 3.21. The number of nitrogens with zero attached hydrogens (tertiary/aromatic N) is 1. The fourth-order valence-electron chi connectivity index (χ4n) is 1.78. The lowest BCUT2D eigenvalue weighted by atomic mass is 9.98. The quantitative estimate of drug-likeness (QED) is 0.800. The zero-order valence-corrected chi connectivity index (χ0v) is 11.4. The molecular weight excluding hydrogens is 226 g/mol. The molecule has 0 aliphatic rings. The van der Waals surface area contributed by atoms with Gasteiger partial charge in [0.2, 0.25) is 5.91 Å². The van der Waals surface area contributed by atoms with Crippen LogP contribution in [0.3, 0.4) is 0 Å². The van der Waals surface area contributed by atoms with Crippen molar-refractivity contribution in [3.8, 4) is 0 Å². The molecule has 1 aromatic carbocycles. The molecular formula is C14H23N3O. The molecule has 0 saturated carbocycles. The van der Waals surface area contributed by atoms with E-state index in [0.29, 0.717) is 6.42 Å². The van der Waals surface area contributed by atoms with E-state index in [1.807, 2.05) is 6.07 Å². The maximum atomic E-state index is 11.2. The molecule has 0 heterocycles. The first-order chi connectivity index (χ1) is 8.36. The Bertz CT molecular complexity index is 415. The predicted octanol–water partition coefficient (Wildman–Crippen LogP) is 1.41. The van der Waals surface area contributed by atoms with Crippen molar-refractivity contribution in [2.45, 2.75) is 32.7 Å². The Morgan fingerprint density at radius 1 is 1.44 bits per heavy atom. The Hall–Kier alpha value is -1.55. The van der Waals surface area contributed by atoms with Crippen LogP contribution in [-0.4, -0.2) is 24.5 Å². The lowest BCUT2D eigenvalue weighted by Gasteiger charge is -2.28. The first-order valence-electron chi connectivity index (χ1n) is 6.27. The van der Waals surface area contributed by atoms with Gasteiger partial charge in [-0.3, -0.25) is 4.79 Å². The third-order valence-electron chi connectivity index (χ3n) is 3.21. The smallest absolute Gasteiger partial charge is 0.237 e. The van der Waals surface area contributed by atoms with Crippen LogP contribution in [-0.2, 0) is 4.79 Å². The lowest BCUT2D eigenvalue weighted by Crippen LogP contribution is -2.51. The van der Waals surface area contributed by atoms with Crippen LogP contribution in [0, 0.1) is 6.92 Å². The van der Waals surface area contributed by atoms with E-state index in [0.717, 1.165) is 18.8 Å². The summed E-state index contributed by atoms with van der Waals surface area (Å²) >= 11 is 0. The Kier molecular flexibility index (Phi) is 4.73. The molecule has 4 nitrogen and oxygen atoms in total. The Balaban J connectivity index is 2.72. The number of rotatable bonds is 6. The molecule has 0 saturated heterocycles. The van der Waals surface area contributed by atoms with Gasteiger partial charge < -0.3 is 16.4 Å². The molecule has 0 radical (unpaired) electrons. The zero-order valence-electron chi connectivity index (χ0n) is 11.4. The molecule has 0 aliphatic heterocycles. The summed E-state index contributed by atoms with van der Waals surface area (Å²) in [7, 11) is 0. The van der Waals surface area contributed by atoms with Gasteiger partial charge in [-0.05, 0) is 44.9 Å². The van der Waals surface area contributed by atoms with Crippen LogP contribution in [0.4, 0.5) is 5.69 Å². The first kappa shape index (κ1) is 14.5. The van der Waals surface area contributed by atoms with E-state index < -0.39 is 11.4 Å². The van der Waals surface area contributed by atoms with Gasteiger partial charge in [-0.1, -0.05) is 12.1 Å². The number of hydrogen-bond acceptors (Lipinski definition) is 3. The van der Waals surface area contributed by atoms with Crippen LogP contribution in [0.5, 0.6) is 0 Å².